The van der Waals surface area contributed by atoms with Crippen molar-refractivity contribution >= 4 is 29.0 Å². The molecule has 0 atom stereocenters. The largest absolute Gasteiger partial charge is 0.409 e. The number of amides is 1. The van der Waals surface area contributed by atoms with Crippen LogP contribution in [-0.2, 0) is 0 Å². The van der Waals surface area contributed by atoms with Gasteiger partial charge in [0.25, 0.3) is 5.91 Å². The van der Waals surface area contributed by atoms with Crippen molar-refractivity contribution in [2.75, 3.05) is 5.32 Å². The molecule has 0 aliphatic carbocycles. The Labute approximate surface area is 124 Å². The summed E-state index contributed by atoms with van der Waals surface area (Å²) in [6, 6.07) is 10.2. The van der Waals surface area contributed by atoms with Crippen molar-refractivity contribution in [1.29, 1.82) is 0 Å². The number of rotatable bonds is 3. The maximum absolute atomic E-state index is 13.1. The molecule has 7 heteroatoms. The van der Waals surface area contributed by atoms with Crippen molar-refractivity contribution in [2.45, 2.75) is 0 Å². The van der Waals surface area contributed by atoms with E-state index >= 15 is 0 Å². The highest BCUT2D eigenvalue weighted by atomic mass is 35.5. The van der Waals surface area contributed by atoms with E-state index in [2.05, 4.69) is 10.5 Å². The van der Waals surface area contributed by atoms with Crippen LogP contribution in [0.25, 0.3) is 0 Å². The zero-order valence-electron chi connectivity index (χ0n) is 10.7. The molecule has 4 N–H and O–H groups in total. The van der Waals surface area contributed by atoms with E-state index in [9.17, 15) is 9.18 Å². The molecule has 0 spiro atoms. The Morgan fingerprint density at radius 3 is 2.67 bits per heavy atom. The molecule has 0 aromatic heterocycles. The number of hydrogen-bond acceptors (Lipinski definition) is 3. The molecule has 108 valence electrons. The van der Waals surface area contributed by atoms with Crippen LogP contribution >= 0.6 is 11.6 Å². The highest BCUT2D eigenvalue weighted by molar-refractivity contribution is 6.31. The van der Waals surface area contributed by atoms with Gasteiger partial charge in [0.05, 0.1) is 10.7 Å². The molecule has 5 nitrogen and oxygen atoms in total. The minimum Gasteiger partial charge on any atom is -0.409 e. The molecule has 0 unspecified atom stereocenters. The van der Waals surface area contributed by atoms with E-state index in [1.807, 2.05) is 0 Å². The molecule has 0 radical (unpaired) electrons. The number of nitrogens with two attached hydrogens (primary N) is 1. The van der Waals surface area contributed by atoms with Crippen molar-refractivity contribution in [3.63, 3.8) is 0 Å². The predicted molar refractivity (Wildman–Crippen MR) is 78.3 cm³/mol. The van der Waals surface area contributed by atoms with Crippen LogP contribution in [0.2, 0.25) is 5.02 Å². The smallest absolute Gasteiger partial charge is 0.255 e. The van der Waals surface area contributed by atoms with Crippen LogP contribution in [0.5, 0.6) is 0 Å². The van der Waals surface area contributed by atoms with Crippen LogP contribution in [0.4, 0.5) is 10.1 Å². The van der Waals surface area contributed by atoms with E-state index in [-0.39, 0.29) is 16.4 Å². The first-order chi connectivity index (χ1) is 10.0. The number of carbonyl (C=O) groups is 1. The third-order valence-electron chi connectivity index (χ3n) is 2.74. The van der Waals surface area contributed by atoms with Crippen molar-refractivity contribution in [2.24, 2.45) is 10.9 Å². The molecule has 0 aliphatic rings. The molecule has 0 saturated heterocycles. The maximum Gasteiger partial charge on any atom is 0.255 e. The van der Waals surface area contributed by atoms with Crippen LogP contribution in [0.15, 0.2) is 47.6 Å². The Kier molecular flexibility index (Phi) is 4.39. The quantitative estimate of drug-likeness (QED) is 0.352. The van der Waals surface area contributed by atoms with Crippen LogP contribution in [-0.4, -0.2) is 17.0 Å². The molecular weight excluding hydrogens is 297 g/mol. The molecule has 21 heavy (non-hydrogen) atoms. The van der Waals surface area contributed by atoms with Gasteiger partial charge in [0.1, 0.15) is 5.82 Å². The summed E-state index contributed by atoms with van der Waals surface area (Å²) in [5, 5.41) is 14.1. The number of nitrogens with one attached hydrogen (secondary N) is 1. The van der Waals surface area contributed by atoms with E-state index in [0.717, 1.165) is 6.07 Å². The fourth-order valence-corrected chi connectivity index (χ4v) is 1.88. The van der Waals surface area contributed by atoms with Gasteiger partial charge < -0.3 is 16.3 Å². The average Bonchev–Trinajstić information content (AvgIpc) is 2.49. The zero-order valence-corrected chi connectivity index (χ0v) is 11.4. The lowest BCUT2D eigenvalue weighted by Crippen LogP contribution is -2.19. The first kappa shape index (κ1) is 14.8. The van der Waals surface area contributed by atoms with Crippen LogP contribution < -0.4 is 11.1 Å². The number of oxime groups is 1. The normalized spacial score (nSPS) is 11.2. The molecule has 0 bridgehead atoms. The van der Waals surface area contributed by atoms with Gasteiger partial charge in [-0.3, -0.25) is 4.79 Å². The van der Waals surface area contributed by atoms with E-state index in [1.54, 1.807) is 24.3 Å². The van der Waals surface area contributed by atoms with Gasteiger partial charge in [-0.2, -0.15) is 0 Å². The Morgan fingerprint density at radius 2 is 2.00 bits per heavy atom. The lowest BCUT2D eigenvalue weighted by Gasteiger charge is -2.10. The highest BCUT2D eigenvalue weighted by Crippen LogP contribution is 2.19. The summed E-state index contributed by atoms with van der Waals surface area (Å²) >= 11 is 5.64. The van der Waals surface area contributed by atoms with Crippen LogP contribution in [0, 0.1) is 5.82 Å². The van der Waals surface area contributed by atoms with E-state index in [1.165, 1.54) is 12.1 Å². The van der Waals surface area contributed by atoms with Crippen molar-refractivity contribution in [1.82, 2.24) is 0 Å². The molecule has 0 saturated carbocycles. The molecule has 2 aromatic rings. The standard InChI is InChI=1S/C14H11ClFN3O2/c15-10-7-8(5-6-11(10)16)14(20)18-12-4-2-1-3-9(12)13(17)19-21/h1-7,21H,(H2,17,19)(H,18,20). The third kappa shape index (κ3) is 3.29. The highest BCUT2D eigenvalue weighted by Gasteiger charge is 2.12. The monoisotopic (exact) mass is 307 g/mol. The first-order valence-electron chi connectivity index (χ1n) is 5.86. The summed E-state index contributed by atoms with van der Waals surface area (Å²) in [4.78, 5) is 12.1. The summed E-state index contributed by atoms with van der Waals surface area (Å²) in [6.45, 7) is 0. The second kappa shape index (κ2) is 6.23. The molecule has 2 rings (SSSR count). The number of para-hydroxylation sites is 1. The Balaban J connectivity index is 2.30. The lowest BCUT2D eigenvalue weighted by molar-refractivity contribution is 0.102. The summed E-state index contributed by atoms with van der Waals surface area (Å²) in [5.41, 5.74) is 6.44. The van der Waals surface area contributed by atoms with Crippen LogP contribution in [0.1, 0.15) is 15.9 Å². The maximum atomic E-state index is 13.1. The number of anilines is 1. The molecule has 1 amide bonds. The fourth-order valence-electron chi connectivity index (χ4n) is 1.70. The van der Waals surface area contributed by atoms with Gasteiger partial charge in [-0.25, -0.2) is 4.39 Å². The number of amidine groups is 1. The Morgan fingerprint density at radius 1 is 1.29 bits per heavy atom. The molecule has 2 aromatic carbocycles. The second-order valence-corrected chi connectivity index (χ2v) is 4.52. The van der Waals surface area contributed by atoms with E-state index in [0.29, 0.717) is 11.3 Å². The third-order valence-corrected chi connectivity index (χ3v) is 3.03. The molecule has 0 heterocycles. The number of hydrogen-bond donors (Lipinski definition) is 3. The minimum absolute atomic E-state index is 0.136. The van der Waals surface area contributed by atoms with Gasteiger partial charge in [0.15, 0.2) is 5.84 Å². The topological polar surface area (TPSA) is 87.7 Å². The second-order valence-electron chi connectivity index (χ2n) is 4.11. The first-order valence-corrected chi connectivity index (χ1v) is 6.24. The molecule has 0 fully saturated rings. The SMILES string of the molecule is N/C(=N/O)c1ccccc1NC(=O)c1ccc(F)c(Cl)c1. The zero-order chi connectivity index (χ0) is 15.4. The van der Waals surface area contributed by atoms with Gasteiger partial charge >= 0.3 is 0 Å². The summed E-state index contributed by atoms with van der Waals surface area (Å²) in [5.74, 6) is -1.23. The Hall–Kier alpha value is -2.60. The number of carbonyl (C=O) groups excluding carboxylic acids is 1. The fraction of sp³-hybridized carbons (Fsp3) is 0. The van der Waals surface area contributed by atoms with E-state index < -0.39 is 11.7 Å². The number of nitrogens with zero attached hydrogens (tertiary/aromatic N) is 1. The number of benzene rings is 2. The van der Waals surface area contributed by atoms with Crippen molar-refractivity contribution in [3.8, 4) is 0 Å². The lowest BCUT2D eigenvalue weighted by atomic mass is 10.1. The van der Waals surface area contributed by atoms with E-state index in [4.69, 9.17) is 22.5 Å². The molecule has 0 aliphatic heterocycles. The van der Waals surface area contributed by atoms with Gasteiger partial charge in [0.2, 0.25) is 0 Å². The van der Waals surface area contributed by atoms with Crippen LogP contribution in [0.3, 0.4) is 0 Å². The average molecular weight is 308 g/mol. The van der Waals surface area contributed by atoms with Crippen molar-refractivity contribution in [3.05, 3.63) is 64.4 Å². The summed E-state index contributed by atoms with van der Waals surface area (Å²) in [6.07, 6.45) is 0. The van der Waals surface area contributed by atoms with Crippen molar-refractivity contribution < 1.29 is 14.4 Å². The summed E-state index contributed by atoms with van der Waals surface area (Å²) < 4.78 is 13.1. The van der Waals surface area contributed by atoms with Gasteiger partial charge in [-0.05, 0) is 30.3 Å². The van der Waals surface area contributed by atoms with Gasteiger partial charge in [0, 0.05) is 11.1 Å². The molecular formula is C14H11ClFN3O2. The predicted octanol–water partition coefficient (Wildman–Crippen LogP) is 2.83. The minimum atomic E-state index is -0.606. The summed E-state index contributed by atoms with van der Waals surface area (Å²) in [7, 11) is 0. The Bertz CT molecular complexity index is 719. The number of halogens is 2. The van der Waals surface area contributed by atoms with Gasteiger partial charge in [-0.1, -0.05) is 28.9 Å². The van der Waals surface area contributed by atoms with Gasteiger partial charge in [-0.15, -0.1) is 0 Å².